The summed E-state index contributed by atoms with van der Waals surface area (Å²) < 4.78 is 43.9. The zero-order chi connectivity index (χ0) is 23.6. The van der Waals surface area contributed by atoms with Gasteiger partial charge in [-0.1, -0.05) is 19.6 Å². The maximum atomic E-state index is 12.4. The van der Waals surface area contributed by atoms with Crippen LogP contribution in [0.25, 0.3) is 0 Å². The lowest BCUT2D eigenvalue weighted by atomic mass is 10.1. The highest BCUT2D eigenvalue weighted by molar-refractivity contribution is 7.86. The number of nitrogens with zero attached hydrogens (tertiary/aromatic N) is 1. The fourth-order valence-electron chi connectivity index (χ4n) is 3.34. The Balaban J connectivity index is 0. The fourth-order valence-corrected chi connectivity index (χ4v) is 4.37. The smallest absolute Gasteiger partial charge is 0.333 e. The van der Waals surface area contributed by atoms with Gasteiger partial charge in [0.15, 0.2) is 0 Å². The van der Waals surface area contributed by atoms with Gasteiger partial charge in [-0.05, 0) is 48.0 Å². The normalized spacial score (nSPS) is 14.2. The molecular weight excluding hydrogens is 424 g/mol. The van der Waals surface area contributed by atoms with Crippen molar-refractivity contribution in [1.82, 2.24) is 11.1 Å². The first-order valence-corrected chi connectivity index (χ1v) is 11.6. The van der Waals surface area contributed by atoms with Crippen molar-refractivity contribution in [2.24, 2.45) is 0 Å². The Bertz CT molecular complexity index is 722. The van der Waals surface area contributed by atoms with Crippen LogP contribution in [0.1, 0.15) is 61.3 Å². The van der Waals surface area contributed by atoms with E-state index in [4.69, 9.17) is 9.47 Å². The number of carbonyl (C=O) groups excluding carboxylic acids is 2. The molecule has 2 atom stereocenters. The van der Waals surface area contributed by atoms with E-state index >= 15 is 0 Å². The largest absolute Gasteiger partial charge is 0.462 e. The van der Waals surface area contributed by atoms with Gasteiger partial charge >= 0.3 is 11.9 Å². The molecule has 0 aromatic carbocycles. The van der Waals surface area contributed by atoms with E-state index in [-0.39, 0.29) is 37.9 Å². The Kier molecular flexibility index (Phi) is 14.5. The van der Waals surface area contributed by atoms with E-state index < -0.39 is 33.3 Å². The zero-order valence-electron chi connectivity index (χ0n) is 19.9. The van der Waals surface area contributed by atoms with Gasteiger partial charge in [0.25, 0.3) is 10.1 Å². The van der Waals surface area contributed by atoms with E-state index in [1.54, 1.807) is 26.8 Å². The highest BCUT2D eigenvalue weighted by atomic mass is 32.2. The second-order valence-electron chi connectivity index (χ2n) is 7.85. The van der Waals surface area contributed by atoms with Gasteiger partial charge in [0.1, 0.15) is 11.9 Å². The van der Waals surface area contributed by atoms with Crippen LogP contribution in [0.5, 0.6) is 0 Å². The Labute approximate surface area is 187 Å². The third kappa shape index (κ3) is 10.9. The van der Waals surface area contributed by atoms with Gasteiger partial charge in [-0.15, -0.1) is 0 Å². The molecule has 0 rings (SSSR count). The van der Waals surface area contributed by atoms with Crippen LogP contribution in [0.4, 0.5) is 0 Å². The average Bonchev–Trinajstić information content (AvgIpc) is 2.60. The Morgan fingerprint density at radius 2 is 1.58 bits per heavy atom. The van der Waals surface area contributed by atoms with Gasteiger partial charge < -0.3 is 15.6 Å². The van der Waals surface area contributed by atoms with Crippen molar-refractivity contribution in [2.75, 3.05) is 13.2 Å². The summed E-state index contributed by atoms with van der Waals surface area (Å²) in [7, 11) is -4.33. The van der Waals surface area contributed by atoms with Crippen molar-refractivity contribution in [3.63, 3.8) is 0 Å². The first-order chi connectivity index (χ1) is 13.7. The molecule has 0 heterocycles. The first kappa shape index (κ1) is 31.4. The molecule has 0 aromatic rings. The molecule has 0 bridgehead atoms. The lowest BCUT2D eigenvalue weighted by Crippen LogP contribution is -2.55. The van der Waals surface area contributed by atoms with Crippen LogP contribution in [0, 0.1) is 0 Å². The fraction of sp³-hybridized carbons (Fsp3) is 0.714. The summed E-state index contributed by atoms with van der Waals surface area (Å²) in [5, 5.41) is -1.08. The molecule has 0 amide bonds. The molecule has 0 spiro atoms. The van der Waals surface area contributed by atoms with Crippen LogP contribution in [-0.4, -0.2) is 66.4 Å². The molecule has 0 saturated carbocycles. The minimum absolute atomic E-state index is 0. The molecule has 0 aliphatic carbocycles. The maximum Gasteiger partial charge on any atom is 0.333 e. The lowest BCUT2D eigenvalue weighted by Gasteiger charge is -2.40. The molecule has 0 saturated heterocycles. The van der Waals surface area contributed by atoms with Gasteiger partial charge in [0.2, 0.25) is 0 Å². The third-order valence-corrected chi connectivity index (χ3v) is 6.06. The van der Waals surface area contributed by atoms with Gasteiger partial charge in [-0.3, -0.25) is 9.45 Å². The summed E-state index contributed by atoms with van der Waals surface area (Å²) in [5.41, 5.74) is 0.617. The Morgan fingerprint density at radius 3 is 1.97 bits per heavy atom. The van der Waals surface area contributed by atoms with Gasteiger partial charge in [0, 0.05) is 29.7 Å². The van der Waals surface area contributed by atoms with Crippen molar-refractivity contribution in [2.45, 2.75) is 84.7 Å². The van der Waals surface area contributed by atoms with Gasteiger partial charge in [-0.25, -0.2) is 9.59 Å². The molecule has 0 aliphatic rings. The van der Waals surface area contributed by atoms with Crippen molar-refractivity contribution >= 4 is 22.1 Å². The highest BCUT2D eigenvalue weighted by Crippen LogP contribution is 2.21. The van der Waals surface area contributed by atoms with E-state index in [1.165, 1.54) is 0 Å². The van der Waals surface area contributed by atoms with E-state index in [2.05, 4.69) is 6.58 Å². The number of ether oxygens (including phenoxy) is 2. The Hall–Kier alpha value is -1.75. The molecule has 4 N–H and O–H groups in total. The van der Waals surface area contributed by atoms with Crippen LogP contribution in [0.3, 0.4) is 0 Å². The summed E-state index contributed by atoms with van der Waals surface area (Å²) in [5.74, 6) is -1.09. The van der Waals surface area contributed by atoms with E-state index in [9.17, 15) is 22.6 Å². The van der Waals surface area contributed by atoms with Gasteiger partial charge in [0.05, 0.1) is 12.6 Å². The standard InChI is InChI=1S/C21H37NO7S.H3N/c1-9-19(30(25,26)27)18(22(15(4)5)16(6)7)13-29-21(24)17(8)11-10-12-28-20(23)14(2)3;/h11,15-16,18-19H,2,9-10,12-13H2,1,3-8H3,(H,25,26,27);1H3. The van der Waals surface area contributed by atoms with Crippen LogP contribution in [0.2, 0.25) is 0 Å². The summed E-state index contributed by atoms with van der Waals surface area (Å²) in [6.07, 6.45) is 2.10. The number of esters is 2. The van der Waals surface area contributed by atoms with E-state index in [1.807, 2.05) is 32.6 Å². The number of carbonyl (C=O) groups is 2. The topological polar surface area (TPSA) is 145 Å². The van der Waals surface area contributed by atoms with Crippen LogP contribution >= 0.6 is 0 Å². The predicted molar refractivity (Wildman–Crippen MR) is 122 cm³/mol. The number of rotatable bonds is 13. The van der Waals surface area contributed by atoms with Crippen molar-refractivity contribution in [3.05, 3.63) is 23.8 Å². The van der Waals surface area contributed by atoms with E-state index in [0.29, 0.717) is 17.6 Å². The summed E-state index contributed by atoms with van der Waals surface area (Å²) in [6.45, 7) is 15.9. The quantitative estimate of drug-likeness (QED) is 0.181. The second kappa shape index (κ2) is 14.3. The molecule has 182 valence electrons. The van der Waals surface area contributed by atoms with E-state index in [0.717, 1.165) is 0 Å². The first-order valence-electron chi connectivity index (χ1n) is 10.1. The summed E-state index contributed by atoms with van der Waals surface area (Å²) in [4.78, 5) is 25.6. The minimum Gasteiger partial charge on any atom is -0.462 e. The third-order valence-electron chi connectivity index (χ3n) is 4.65. The molecular formula is C21H40N2O7S. The minimum atomic E-state index is -4.33. The average molecular weight is 465 g/mol. The van der Waals surface area contributed by atoms with Crippen LogP contribution < -0.4 is 6.15 Å². The monoisotopic (exact) mass is 464 g/mol. The predicted octanol–water partition coefficient (Wildman–Crippen LogP) is 3.30. The van der Waals surface area contributed by atoms with Crippen LogP contribution in [-0.2, 0) is 29.2 Å². The lowest BCUT2D eigenvalue weighted by molar-refractivity contribution is -0.141. The highest BCUT2D eigenvalue weighted by Gasteiger charge is 2.38. The number of hydrogen-bond acceptors (Lipinski definition) is 8. The summed E-state index contributed by atoms with van der Waals surface area (Å²) in [6, 6.07) is -0.744. The number of hydrogen-bond donors (Lipinski definition) is 2. The van der Waals surface area contributed by atoms with Crippen molar-refractivity contribution < 1.29 is 32.0 Å². The maximum absolute atomic E-state index is 12.4. The molecule has 0 aliphatic heterocycles. The second-order valence-corrected chi connectivity index (χ2v) is 9.49. The molecule has 0 radical (unpaired) electrons. The van der Waals surface area contributed by atoms with Crippen molar-refractivity contribution in [1.29, 1.82) is 0 Å². The molecule has 9 nitrogen and oxygen atoms in total. The van der Waals surface area contributed by atoms with Crippen molar-refractivity contribution in [3.8, 4) is 0 Å². The SMILES string of the molecule is C=C(C)C(=O)OCCC=C(C)C(=O)OCC(C(CC)S(=O)(=O)O)N(C(C)C)C(C)C.N. The molecule has 0 aromatic heterocycles. The Morgan fingerprint density at radius 1 is 1.06 bits per heavy atom. The molecule has 31 heavy (non-hydrogen) atoms. The van der Waals surface area contributed by atoms with Crippen LogP contribution in [0.15, 0.2) is 23.8 Å². The molecule has 10 heteroatoms. The van der Waals surface area contributed by atoms with Gasteiger partial charge in [-0.2, -0.15) is 8.42 Å². The molecule has 0 fully saturated rings. The summed E-state index contributed by atoms with van der Waals surface area (Å²) >= 11 is 0. The molecule has 2 unspecified atom stereocenters. The zero-order valence-corrected chi connectivity index (χ0v) is 20.7.